The average molecular weight is 1410 g/mol. The first kappa shape index (κ1) is 94.1. The fourth-order valence-corrected chi connectivity index (χ4v) is 13.5. The molecule has 0 bridgehead atoms. The predicted octanol–water partition coefficient (Wildman–Crippen LogP) is 23.0. The van der Waals surface area contributed by atoms with E-state index in [4.69, 9.17) is 37.0 Å². The van der Waals surface area contributed by atoms with Crippen LogP contribution in [0.5, 0.6) is 0 Å². The molecule has 5 atom stereocenters. The second kappa shape index (κ2) is 71.5. The number of phosphoric ester groups is 2. The van der Waals surface area contributed by atoms with E-state index in [9.17, 15) is 43.2 Å². The Balaban J connectivity index is 5.23. The van der Waals surface area contributed by atoms with Crippen molar-refractivity contribution >= 4 is 39.5 Å². The number of ether oxygens (including phenoxy) is 4. The monoisotopic (exact) mass is 1410 g/mol. The van der Waals surface area contributed by atoms with E-state index in [0.717, 1.165) is 89.9 Å². The Labute approximate surface area is 588 Å². The third-order valence-electron chi connectivity index (χ3n) is 18.1. The molecule has 0 aliphatic rings. The molecule has 0 radical (unpaired) electrons. The maximum absolute atomic E-state index is 13.1. The molecule has 17 nitrogen and oxygen atoms in total. The molecule has 96 heavy (non-hydrogen) atoms. The normalized spacial score (nSPS) is 13.9. The van der Waals surface area contributed by atoms with Crippen LogP contribution in [0.1, 0.15) is 413 Å². The number of phosphoric acid groups is 2. The van der Waals surface area contributed by atoms with Crippen LogP contribution in [-0.2, 0) is 65.4 Å². The summed E-state index contributed by atoms with van der Waals surface area (Å²) in [6.45, 7) is 5.00. The Morgan fingerprint density at radius 1 is 0.250 bits per heavy atom. The standard InChI is InChI=1S/C77H150O17P2/c1-5-9-13-17-21-25-29-31-33-35-37-39-43-46-50-54-58-62-75(80)88-68-73(94-77(82)64-60-56-52-48-44-40-38-36-34-32-30-26-22-18-14-10-6-2)70-92-96(85,86)90-66-71(78)65-89-95(83,84)91-69-72(93-76(81)63-59-55-51-47-42-28-24-20-16-12-8-4)67-87-74(79)61-57-53-49-45-41-27-23-19-15-11-7-3/h71-73,78H,5-70H2,1-4H3,(H,83,84)(H,85,86)/t71?,72-,73-/m1/s1. The second-order valence-electron chi connectivity index (χ2n) is 27.7. The summed E-state index contributed by atoms with van der Waals surface area (Å²) in [4.78, 5) is 72.8. The molecule has 0 rings (SSSR count). The molecule has 0 aromatic rings. The van der Waals surface area contributed by atoms with Gasteiger partial charge in [0.1, 0.15) is 19.3 Å². The first-order valence-electron chi connectivity index (χ1n) is 40.3. The van der Waals surface area contributed by atoms with E-state index in [2.05, 4.69) is 27.7 Å². The molecule has 0 aliphatic heterocycles. The Bertz CT molecular complexity index is 1830. The van der Waals surface area contributed by atoms with Gasteiger partial charge in [0.05, 0.1) is 26.4 Å². The van der Waals surface area contributed by atoms with Crippen molar-refractivity contribution in [2.24, 2.45) is 0 Å². The van der Waals surface area contributed by atoms with Gasteiger partial charge in [-0.3, -0.25) is 37.3 Å². The molecule has 0 saturated carbocycles. The van der Waals surface area contributed by atoms with Gasteiger partial charge < -0.3 is 33.8 Å². The summed E-state index contributed by atoms with van der Waals surface area (Å²) >= 11 is 0. The van der Waals surface area contributed by atoms with E-state index < -0.39 is 97.5 Å². The van der Waals surface area contributed by atoms with E-state index in [-0.39, 0.29) is 25.7 Å². The molecule has 0 spiro atoms. The van der Waals surface area contributed by atoms with E-state index in [1.807, 2.05) is 0 Å². The minimum atomic E-state index is -4.96. The van der Waals surface area contributed by atoms with Crippen LogP contribution in [0, 0.1) is 0 Å². The number of aliphatic hydroxyl groups excluding tert-OH is 1. The number of esters is 4. The van der Waals surface area contributed by atoms with Crippen LogP contribution in [-0.4, -0.2) is 96.7 Å². The molecular formula is C77H150O17P2. The molecular weight excluding hydrogens is 1260 g/mol. The van der Waals surface area contributed by atoms with Crippen LogP contribution in [0.15, 0.2) is 0 Å². The minimum absolute atomic E-state index is 0.108. The zero-order chi connectivity index (χ0) is 70.4. The highest BCUT2D eigenvalue weighted by atomic mass is 31.2. The third-order valence-corrected chi connectivity index (χ3v) is 20.0. The highest BCUT2D eigenvalue weighted by molar-refractivity contribution is 7.47. The lowest BCUT2D eigenvalue weighted by Gasteiger charge is -2.21. The lowest BCUT2D eigenvalue weighted by Crippen LogP contribution is -2.30. The van der Waals surface area contributed by atoms with Gasteiger partial charge in [0.2, 0.25) is 0 Å². The van der Waals surface area contributed by atoms with Gasteiger partial charge in [-0.1, -0.05) is 362 Å². The van der Waals surface area contributed by atoms with Crippen molar-refractivity contribution in [3.63, 3.8) is 0 Å². The molecule has 0 heterocycles. The first-order chi connectivity index (χ1) is 46.7. The molecule has 3 N–H and O–H groups in total. The van der Waals surface area contributed by atoms with Crippen molar-refractivity contribution in [3.05, 3.63) is 0 Å². The van der Waals surface area contributed by atoms with Crippen molar-refractivity contribution in [1.29, 1.82) is 0 Å². The van der Waals surface area contributed by atoms with Gasteiger partial charge in [-0.25, -0.2) is 9.13 Å². The molecule has 570 valence electrons. The van der Waals surface area contributed by atoms with Gasteiger partial charge in [-0.05, 0) is 25.7 Å². The van der Waals surface area contributed by atoms with E-state index in [1.54, 1.807) is 0 Å². The number of hydrogen-bond donors (Lipinski definition) is 3. The Hall–Kier alpha value is -1.94. The molecule has 0 aliphatic carbocycles. The quantitative estimate of drug-likeness (QED) is 0.0222. The van der Waals surface area contributed by atoms with Crippen LogP contribution < -0.4 is 0 Å². The molecule has 0 aromatic carbocycles. The van der Waals surface area contributed by atoms with Crippen LogP contribution in [0.25, 0.3) is 0 Å². The Morgan fingerprint density at radius 2 is 0.417 bits per heavy atom. The topological polar surface area (TPSA) is 237 Å². The zero-order valence-electron chi connectivity index (χ0n) is 62.4. The van der Waals surface area contributed by atoms with Crippen molar-refractivity contribution in [1.82, 2.24) is 0 Å². The molecule has 0 aromatic heterocycles. The van der Waals surface area contributed by atoms with Crippen molar-refractivity contribution in [3.8, 4) is 0 Å². The fraction of sp³-hybridized carbons (Fsp3) is 0.948. The number of hydrogen-bond acceptors (Lipinski definition) is 15. The van der Waals surface area contributed by atoms with Gasteiger partial charge in [0, 0.05) is 25.7 Å². The van der Waals surface area contributed by atoms with E-state index in [1.165, 1.54) is 244 Å². The summed E-state index contributed by atoms with van der Waals surface area (Å²) < 4.78 is 68.6. The summed E-state index contributed by atoms with van der Waals surface area (Å²) in [6, 6.07) is 0. The minimum Gasteiger partial charge on any atom is -0.462 e. The highest BCUT2D eigenvalue weighted by Crippen LogP contribution is 2.45. The molecule has 19 heteroatoms. The number of aliphatic hydroxyl groups is 1. The molecule has 0 fully saturated rings. The summed E-state index contributed by atoms with van der Waals surface area (Å²) in [5.74, 6) is -2.11. The highest BCUT2D eigenvalue weighted by Gasteiger charge is 2.30. The summed E-state index contributed by atoms with van der Waals surface area (Å²) in [6.07, 6.45) is 62.3. The Kier molecular flexibility index (Phi) is 70.0. The number of carbonyl (C=O) groups excluding carboxylic acids is 4. The molecule has 0 saturated heterocycles. The van der Waals surface area contributed by atoms with Gasteiger partial charge >= 0.3 is 39.5 Å². The van der Waals surface area contributed by atoms with Gasteiger partial charge in [0.25, 0.3) is 0 Å². The summed E-state index contributed by atoms with van der Waals surface area (Å²) in [5.41, 5.74) is 0. The summed E-state index contributed by atoms with van der Waals surface area (Å²) in [7, 11) is -9.91. The van der Waals surface area contributed by atoms with Gasteiger partial charge in [-0.2, -0.15) is 0 Å². The largest absolute Gasteiger partial charge is 0.472 e. The average Bonchev–Trinajstić information content (AvgIpc) is 1.85. The smallest absolute Gasteiger partial charge is 0.462 e. The first-order valence-corrected chi connectivity index (χ1v) is 43.3. The van der Waals surface area contributed by atoms with E-state index >= 15 is 0 Å². The maximum Gasteiger partial charge on any atom is 0.472 e. The molecule has 0 amide bonds. The van der Waals surface area contributed by atoms with Crippen LogP contribution in [0.2, 0.25) is 0 Å². The van der Waals surface area contributed by atoms with Gasteiger partial charge in [0.15, 0.2) is 12.2 Å². The van der Waals surface area contributed by atoms with Crippen molar-refractivity contribution in [2.45, 2.75) is 431 Å². The van der Waals surface area contributed by atoms with E-state index in [0.29, 0.717) is 25.7 Å². The van der Waals surface area contributed by atoms with Gasteiger partial charge in [-0.15, -0.1) is 0 Å². The van der Waals surface area contributed by atoms with Crippen LogP contribution in [0.3, 0.4) is 0 Å². The second-order valence-corrected chi connectivity index (χ2v) is 30.7. The Morgan fingerprint density at radius 3 is 0.615 bits per heavy atom. The van der Waals surface area contributed by atoms with Crippen molar-refractivity contribution < 1.29 is 80.2 Å². The number of unbranched alkanes of at least 4 members (excludes halogenated alkanes) is 52. The lowest BCUT2D eigenvalue weighted by atomic mass is 10.0. The fourth-order valence-electron chi connectivity index (χ4n) is 11.9. The number of rotatable bonds is 78. The van der Waals surface area contributed by atoms with Crippen LogP contribution >= 0.6 is 15.6 Å². The van der Waals surface area contributed by atoms with Crippen molar-refractivity contribution in [2.75, 3.05) is 39.6 Å². The van der Waals surface area contributed by atoms with Crippen LogP contribution in [0.4, 0.5) is 0 Å². The lowest BCUT2D eigenvalue weighted by molar-refractivity contribution is -0.161. The SMILES string of the molecule is CCCCCCCCCCCCCCCCCCCC(=O)OC[C@H](COP(=O)(O)OCC(O)COP(=O)(O)OC[C@@H](COC(=O)CCCCCCCCCCCCC)OC(=O)CCCCCCCCCCCCC)OC(=O)CCCCCCCCCCCCCCCCCCC. The number of carbonyl (C=O) groups is 4. The zero-order valence-corrected chi connectivity index (χ0v) is 64.1. The predicted molar refractivity (Wildman–Crippen MR) is 391 cm³/mol. The summed E-state index contributed by atoms with van der Waals surface area (Å²) in [5, 5.41) is 10.6. The molecule has 3 unspecified atom stereocenters. The maximum atomic E-state index is 13.1. The third kappa shape index (κ3) is 70.5.